The van der Waals surface area contributed by atoms with Crippen molar-refractivity contribution in [2.75, 3.05) is 0 Å². The van der Waals surface area contributed by atoms with Crippen molar-refractivity contribution >= 4 is 5.97 Å². The van der Waals surface area contributed by atoms with Gasteiger partial charge in [0.1, 0.15) is 6.42 Å². The number of hydrogen-bond donors (Lipinski definition) is 1. The summed E-state index contributed by atoms with van der Waals surface area (Å²) in [6.45, 7) is 0. The summed E-state index contributed by atoms with van der Waals surface area (Å²) in [6.07, 6.45) is -9.06. The Balaban J connectivity index is 6.34. The van der Waals surface area contributed by atoms with E-state index in [9.17, 15) is 66.3 Å². The van der Waals surface area contributed by atoms with Crippen LogP contribution in [0, 0.1) is 0 Å². The largest absolute Gasteiger partial charge is 0.481 e. The predicted molar refractivity (Wildman–Crippen MR) is 47.9 cm³/mol. The fourth-order valence-corrected chi connectivity index (χ4v) is 1.27. The van der Waals surface area contributed by atoms with Gasteiger partial charge in [0.25, 0.3) is 0 Å². The molecule has 0 atom stereocenters. The molecule has 0 aliphatic heterocycles. The second kappa shape index (κ2) is 6.03. The highest BCUT2D eigenvalue weighted by Crippen LogP contribution is 2.61. The number of hydrogen-bond acceptors (Lipinski definition) is 1. The third-order valence-corrected chi connectivity index (χ3v) is 2.71. The minimum atomic E-state index is -8.13. The summed E-state index contributed by atoms with van der Waals surface area (Å²) >= 11 is 0. The first kappa shape index (κ1) is 23.5. The first-order valence-electron chi connectivity index (χ1n) is 5.38. The topological polar surface area (TPSA) is 37.3 Å². The lowest BCUT2D eigenvalue weighted by Gasteiger charge is -2.40. The van der Waals surface area contributed by atoms with Gasteiger partial charge in [-0.3, -0.25) is 4.79 Å². The lowest BCUT2D eigenvalue weighted by molar-refractivity contribution is -0.432. The fraction of sp³-hybridized carbons (Fsp3) is 0.889. The third-order valence-electron chi connectivity index (χ3n) is 2.71. The maximum atomic E-state index is 13.0. The van der Waals surface area contributed by atoms with Crippen molar-refractivity contribution < 1.29 is 71.4 Å². The van der Waals surface area contributed by atoms with Gasteiger partial charge < -0.3 is 5.11 Å². The Bertz CT molecular complexity index is 510. The molecule has 0 aromatic heterocycles. The van der Waals surface area contributed by atoms with Crippen LogP contribution in [-0.2, 0) is 4.79 Å². The van der Waals surface area contributed by atoms with Crippen molar-refractivity contribution in [1.82, 2.24) is 0 Å². The number of alkyl halides is 14. The summed E-state index contributed by atoms with van der Waals surface area (Å²) in [5, 5.41) is 7.83. The minimum absolute atomic E-state index is 2.98. The van der Waals surface area contributed by atoms with Gasteiger partial charge in [0.05, 0.1) is 0 Å². The molecule has 0 amide bonds. The zero-order valence-electron chi connectivity index (χ0n) is 10.9. The highest BCUT2D eigenvalue weighted by Gasteiger charge is 2.91. The van der Waals surface area contributed by atoms with Crippen LogP contribution in [0.15, 0.2) is 0 Å². The molecule has 2 nitrogen and oxygen atoms in total. The zero-order chi connectivity index (χ0) is 20.9. The van der Waals surface area contributed by atoms with Gasteiger partial charge in [-0.25, -0.2) is 8.78 Å². The Morgan fingerprint density at radius 1 is 0.680 bits per heavy atom. The van der Waals surface area contributed by atoms with Gasteiger partial charge in [-0.15, -0.1) is 0 Å². The van der Waals surface area contributed by atoms with Gasteiger partial charge in [-0.05, 0) is 0 Å². The summed E-state index contributed by atoms with van der Waals surface area (Å²) < 4.78 is 177. The Morgan fingerprint density at radius 3 is 1.28 bits per heavy atom. The molecule has 0 heterocycles. The first-order chi connectivity index (χ1) is 10.6. The van der Waals surface area contributed by atoms with Gasteiger partial charge >= 0.3 is 47.9 Å². The number of carboxylic acids is 1. The van der Waals surface area contributed by atoms with Crippen LogP contribution in [0.2, 0.25) is 0 Å². The summed E-state index contributed by atoms with van der Waals surface area (Å²) in [5.74, 6) is -48.7. The van der Waals surface area contributed by atoms with Crippen molar-refractivity contribution in [3.63, 3.8) is 0 Å². The van der Waals surface area contributed by atoms with E-state index < -0.39 is 54.4 Å². The van der Waals surface area contributed by atoms with E-state index in [0.29, 0.717) is 0 Å². The molecule has 0 bridgehead atoms. The molecule has 0 aromatic rings. The highest BCUT2D eigenvalue weighted by molar-refractivity contribution is 5.68. The van der Waals surface area contributed by atoms with Crippen LogP contribution >= 0.6 is 0 Å². The minimum Gasteiger partial charge on any atom is -0.481 e. The molecule has 16 heteroatoms. The molecule has 0 radical (unpaired) electrons. The van der Waals surface area contributed by atoms with E-state index in [-0.39, 0.29) is 0 Å². The molecule has 0 spiro atoms. The van der Waals surface area contributed by atoms with Gasteiger partial charge in [-0.1, -0.05) is 0 Å². The maximum absolute atomic E-state index is 13.0. The third kappa shape index (κ3) is 3.18. The SMILES string of the molecule is O=C(O)CC(F)(F)C(F)(F)C(F)(F)C(F)(F)C(F)(F)C(F)(F)C(F)F. The number of aliphatic carboxylic acids is 1. The summed E-state index contributed by atoms with van der Waals surface area (Å²) in [4.78, 5) is 9.87. The quantitative estimate of drug-likeness (QED) is 0.597. The highest BCUT2D eigenvalue weighted by atomic mass is 19.4. The second-order valence-corrected chi connectivity index (χ2v) is 4.50. The molecule has 150 valence electrons. The van der Waals surface area contributed by atoms with Crippen LogP contribution in [0.25, 0.3) is 0 Å². The van der Waals surface area contributed by atoms with E-state index in [1.807, 2.05) is 0 Å². The molecule has 0 rings (SSSR count). The molecule has 1 N–H and O–H groups in total. The average molecular weight is 410 g/mol. The number of carboxylic acid groups (broad SMARTS) is 1. The average Bonchev–Trinajstić information content (AvgIpc) is 2.35. The lowest BCUT2D eigenvalue weighted by Crippen LogP contribution is -2.71. The van der Waals surface area contributed by atoms with Crippen LogP contribution in [-0.4, -0.2) is 53.0 Å². The molecule has 0 saturated carbocycles. The first-order valence-corrected chi connectivity index (χ1v) is 5.38. The van der Waals surface area contributed by atoms with Crippen LogP contribution in [0.5, 0.6) is 0 Å². The summed E-state index contributed by atoms with van der Waals surface area (Å²) in [5.41, 5.74) is 0. The predicted octanol–water partition coefficient (Wildman–Crippen LogP) is 4.54. The van der Waals surface area contributed by atoms with Crippen molar-refractivity contribution in [3.05, 3.63) is 0 Å². The Morgan fingerprint density at radius 2 is 1.00 bits per heavy atom. The number of halogens is 14. The van der Waals surface area contributed by atoms with Gasteiger partial charge in [0, 0.05) is 0 Å². The van der Waals surface area contributed by atoms with E-state index in [1.165, 1.54) is 0 Å². The maximum Gasteiger partial charge on any atom is 0.384 e. The van der Waals surface area contributed by atoms with Crippen molar-refractivity contribution in [2.24, 2.45) is 0 Å². The van der Waals surface area contributed by atoms with Gasteiger partial charge in [0.15, 0.2) is 0 Å². The van der Waals surface area contributed by atoms with E-state index in [2.05, 4.69) is 0 Å². The fourth-order valence-electron chi connectivity index (χ4n) is 1.27. The number of rotatable bonds is 8. The van der Waals surface area contributed by atoms with Crippen LogP contribution in [0.3, 0.4) is 0 Å². The molecular weight excluding hydrogens is 406 g/mol. The molecular formula is C9H4F14O2. The lowest BCUT2D eigenvalue weighted by atomic mass is 9.90. The molecule has 0 saturated heterocycles. The molecule has 25 heavy (non-hydrogen) atoms. The molecule has 0 aliphatic carbocycles. The van der Waals surface area contributed by atoms with Crippen LogP contribution < -0.4 is 0 Å². The Hall–Kier alpha value is -1.51. The van der Waals surface area contributed by atoms with Crippen LogP contribution in [0.4, 0.5) is 61.5 Å². The van der Waals surface area contributed by atoms with E-state index >= 15 is 0 Å². The van der Waals surface area contributed by atoms with Gasteiger partial charge in [-0.2, -0.15) is 52.7 Å². The summed E-state index contributed by atoms with van der Waals surface area (Å²) in [6, 6.07) is 0. The van der Waals surface area contributed by atoms with Crippen molar-refractivity contribution in [2.45, 2.75) is 48.4 Å². The van der Waals surface area contributed by atoms with Crippen molar-refractivity contribution in [1.29, 1.82) is 0 Å². The Kier molecular flexibility index (Phi) is 5.67. The molecule has 0 aliphatic rings. The Labute approximate surface area is 127 Å². The molecule has 0 fully saturated rings. The molecule has 0 unspecified atom stereocenters. The molecule has 0 aromatic carbocycles. The van der Waals surface area contributed by atoms with E-state index in [4.69, 9.17) is 5.11 Å². The second-order valence-electron chi connectivity index (χ2n) is 4.50. The van der Waals surface area contributed by atoms with Gasteiger partial charge in [0.2, 0.25) is 0 Å². The van der Waals surface area contributed by atoms with Crippen molar-refractivity contribution in [3.8, 4) is 0 Å². The standard InChI is InChI=1S/C9H4F14O2/c10-3(11)5(14,15)7(18,19)9(22,23)8(20,21)6(16,17)4(12,13)1-2(24)25/h3H,1H2,(H,24,25). The van der Waals surface area contributed by atoms with E-state index in [1.54, 1.807) is 0 Å². The zero-order valence-corrected chi connectivity index (χ0v) is 10.9. The monoisotopic (exact) mass is 410 g/mol. The van der Waals surface area contributed by atoms with Crippen LogP contribution in [0.1, 0.15) is 6.42 Å². The van der Waals surface area contributed by atoms with E-state index in [0.717, 1.165) is 0 Å². The summed E-state index contributed by atoms with van der Waals surface area (Å²) in [7, 11) is 0. The smallest absolute Gasteiger partial charge is 0.384 e. The number of carbonyl (C=O) groups is 1. The normalized spacial score (nSPS) is 15.6.